The Balaban J connectivity index is 2.41. The number of aromatic carboxylic acids is 1. The molecule has 0 spiro atoms. The monoisotopic (exact) mass is 292 g/mol. The van der Waals surface area contributed by atoms with Gasteiger partial charge in [0.25, 0.3) is 0 Å². The largest absolute Gasteiger partial charge is 0.497 e. The zero-order valence-corrected chi connectivity index (χ0v) is 12.3. The number of carboxylic acids is 1. The van der Waals surface area contributed by atoms with Gasteiger partial charge < -0.3 is 9.84 Å². The summed E-state index contributed by atoms with van der Waals surface area (Å²) in [7, 11) is 5.49. The van der Waals surface area contributed by atoms with E-state index in [2.05, 4.69) is 4.98 Å². The van der Waals surface area contributed by atoms with Crippen LogP contribution in [0.2, 0.25) is 0 Å². The van der Waals surface area contributed by atoms with Crippen LogP contribution in [-0.4, -0.2) is 42.2 Å². The predicted molar refractivity (Wildman–Crippen MR) is 77.6 cm³/mol. The summed E-state index contributed by atoms with van der Waals surface area (Å²) in [5.41, 5.74) is 1.10. The molecule has 0 fully saturated rings. The van der Waals surface area contributed by atoms with E-state index in [0.717, 1.165) is 16.3 Å². The number of benzene rings is 1. The first-order valence-corrected chi connectivity index (χ1v) is 6.90. The molecule has 0 amide bonds. The average molecular weight is 292 g/mol. The predicted octanol–water partition coefficient (Wildman–Crippen LogP) is 2.50. The van der Waals surface area contributed by atoms with Gasteiger partial charge in [-0.3, -0.25) is 4.90 Å². The number of thiazole rings is 1. The first-order chi connectivity index (χ1) is 9.52. The fraction of sp³-hybridized carbons (Fsp3) is 0.286. The molecule has 0 radical (unpaired) electrons. The van der Waals surface area contributed by atoms with E-state index >= 15 is 0 Å². The molecule has 1 aromatic carbocycles. The second kappa shape index (κ2) is 6.02. The number of rotatable bonds is 5. The zero-order valence-electron chi connectivity index (χ0n) is 11.5. The topological polar surface area (TPSA) is 62.7 Å². The number of carboxylic acid groups (broad SMARTS) is 1. The summed E-state index contributed by atoms with van der Waals surface area (Å²) in [4.78, 5) is 17.2. The lowest BCUT2D eigenvalue weighted by atomic mass is 10.1. The minimum atomic E-state index is -1.00. The normalized spacial score (nSPS) is 12.4. The molecule has 1 unspecified atom stereocenters. The van der Waals surface area contributed by atoms with Gasteiger partial charge in [0.15, 0.2) is 5.69 Å². The molecule has 0 aliphatic carbocycles. The summed E-state index contributed by atoms with van der Waals surface area (Å²) in [6.07, 6.45) is 0. The third kappa shape index (κ3) is 2.97. The van der Waals surface area contributed by atoms with Crippen LogP contribution in [-0.2, 0) is 0 Å². The average Bonchev–Trinajstić information content (AvgIpc) is 2.88. The Labute approximate surface area is 121 Å². The van der Waals surface area contributed by atoms with Gasteiger partial charge in [-0.2, -0.15) is 0 Å². The standard InChI is InChI=1S/C14H16N2O3S/c1-16(2)12(9-5-4-6-10(7-9)19-3)13-15-11(8-20-13)14(17)18/h4-8,12H,1-3H3,(H,17,18). The Kier molecular flexibility index (Phi) is 4.36. The van der Waals surface area contributed by atoms with Crippen LogP contribution in [0.5, 0.6) is 5.75 Å². The van der Waals surface area contributed by atoms with Gasteiger partial charge in [0.2, 0.25) is 0 Å². The van der Waals surface area contributed by atoms with Crippen molar-refractivity contribution < 1.29 is 14.6 Å². The van der Waals surface area contributed by atoms with E-state index in [4.69, 9.17) is 9.84 Å². The smallest absolute Gasteiger partial charge is 0.355 e. The van der Waals surface area contributed by atoms with Crippen LogP contribution in [0.1, 0.15) is 27.1 Å². The highest BCUT2D eigenvalue weighted by atomic mass is 32.1. The number of aromatic nitrogens is 1. The van der Waals surface area contributed by atoms with Crippen molar-refractivity contribution in [2.75, 3.05) is 21.2 Å². The summed E-state index contributed by atoms with van der Waals surface area (Å²) in [6.45, 7) is 0. The molecule has 20 heavy (non-hydrogen) atoms. The fourth-order valence-corrected chi connectivity index (χ4v) is 3.00. The van der Waals surface area contributed by atoms with Crippen molar-refractivity contribution in [2.45, 2.75) is 6.04 Å². The minimum Gasteiger partial charge on any atom is -0.497 e. The lowest BCUT2D eigenvalue weighted by molar-refractivity contribution is 0.0691. The van der Waals surface area contributed by atoms with Crippen LogP contribution in [0.3, 0.4) is 0 Å². The highest BCUT2D eigenvalue weighted by Crippen LogP contribution is 2.31. The molecule has 1 heterocycles. The van der Waals surface area contributed by atoms with E-state index in [-0.39, 0.29) is 11.7 Å². The Morgan fingerprint density at radius 3 is 2.75 bits per heavy atom. The van der Waals surface area contributed by atoms with Crippen molar-refractivity contribution in [3.63, 3.8) is 0 Å². The minimum absolute atomic E-state index is 0.0831. The molecule has 0 aliphatic heterocycles. The molecule has 106 valence electrons. The number of carbonyl (C=O) groups is 1. The summed E-state index contributed by atoms with van der Waals surface area (Å²) >= 11 is 1.35. The van der Waals surface area contributed by atoms with Crippen LogP contribution in [0, 0.1) is 0 Å². The van der Waals surface area contributed by atoms with Crippen molar-refractivity contribution in [2.24, 2.45) is 0 Å². The van der Waals surface area contributed by atoms with Crippen LogP contribution in [0.4, 0.5) is 0 Å². The number of ether oxygens (including phenoxy) is 1. The number of hydrogen-bond donors (Lipinski definition) is 1. The van der Waals surface area contributed by atoms with Gasteiger partial charge in [-0.05, 0) is 31.8 Å². The Morgan fingerprint density at radius 1 is 1.45 bits per heavy atom. The Bertz CT molecular complexity index is 610. The molecule has 0 saturated carbocycles. The van der Waals surface area contributed by atoms with Gasteiger partial charge in [0.05, 0.1) is 13.2 Å². The molecule has 5 nitrogen and oxygen atoms in total. The van der Waals surface area contributed by atoms with E-state index in [0.29, 0.717) is 0 Å². The molecule has 0 saturated heterocycles. The summed E-state index contributed by atoms with van der Waals surface area (Å²) < 4.78 is 5.23. The second-order valence-corrected chi connectivity index (χ2v) is 5.41. The molecule has 1 aromatic heterocycles. The number of hydrogen-bond acceptors (Lipinski definition) is 5. The molecule has 1 N–H and O–H groups in total. The van der Waals surface area contributed by atoms with Gasteiger partial charge in [0, 0.05) is 5.38 Å². The molecule has 6 heteroatoms. The zero-order chi connectivity index (χ0) is 14.7. The summed E-state index contributed by atoms with van der Waals surface area (Å²) in [5, 5.41) is 11.3. The SMILES string of the molecule is COc1cccc(C(c2nc(C(=O)O)cs2)N(C)C)c1. The Hall–Kier alpha value is -1.92. The van der Waals surface area contributed by atoms with Crippen molar-refractivity contribution in [1.29, 1.82) is 0 Å². The highest BCUT2D eigenvalue weighted by molar-refractivity contribution is 7.10. The molecule has 0 aliphatic rings. The van der Waals surface area contributed by atoms with E-state index in [1.165, 1.54) is 11.3 Å². The second-order valence-electron chi connectivity index (χ2n) is 4.52. The van der Waals surface area contributed by atoms with Gasteiger partial charge in [0.1, 0.15) is 10.8 Å². The molecule has 2 rings (SSSR count). The van der Waals surface area contributed by atoms with E-state index in [1.807, 2.05) is 43.3 Å². The van der Waals surface area contributed by atoms with Gasteiger partial charge in [-0.15, -0.1) is 11.3 Å². The van der Waals surface area contributed by atoms with Crippen molar-refractivity contribution >= 4 is 17.3 Å². The maximum atomic E-state index is 11.0. The Morgan fingerprint density at radius 2 is 2.20 bits per heavy atom. The van der Waals surface area contributed by atoms with Crippen molar-refractivity contribution in [3.05, 3.63) is 45.9 Å². The third-order valence-electron chi connectivity index (χ3n) is 2.90. The van der Waals surface area contributed by atoms with Crippen LogP contribution in [0.25, 0.3) is 0 Å². The van der Waals surface area contributed by atoms with E-state index in [9.17, 15) is 4.79 Å². The molecule has 1 atom stereocenters. The van der Waals surface area contributed by atoms with Gasteiger partial charge >= 0.3 is 5.97 Å². The summed E-state index contributed by atoms with van der Waals surface area (Å²) in [6, 6.07) is 7.61. The van der Waals surface area contributed by atoms with Crippen molar-refractivity contribution in [3.8, 4) is 5.75 Å². The first kappa shape index (κ1) is 14.5. The molecular weight excluding hydrogens is 276 g/mol. The molecular formula is C14H16N2O3S. The van der Waals surface area contributed by atoms with E-state index in [1.54, 1.807) is 12.5 Å². The number of methoxy groups -OCH3 is 1. The number of nitrogens with zero attached hydrogens (tertiary/aromatic N) is 2. The third-order valence-corrected chi connectivity index (χ3v) is 3.80. The van der Waals surface area contributed by atoms with Crippen molar-refractivity contribution in [1.82, 2.24) is 9.88 Å². The van der Waals surface area contributed by atoms with Crippen LogP contribution < -0.4 is 4.74 Å². The molecule has 2 aromatic rings. The lowest BCUT2D eigenvalue weighted by Crippen LogP contribution is -2.21. The van der Waals surface area contributed by atoms with Gasteiger partial charge in [-0.25, -0.2) is 9.78 Å². The summed E-state index contributed by atoms with van der Waals surface area (Å²) in [5.74, 6) is -0.236. The van der Waals surface area contributed by atoms with Crippen LogP contribution in [0.15, 0.2) is 29.6 Å². The quantitative estimate of drug-likeness (QED) is 0.917. The lowest BCUT2D eigenvalue weighted by Gasteiger charge is -2.23. The maximum Gasteiger partial charge on any atom is 0.355 e. The van der Waals surface area contributed by atoms with Crippen LogP contribution >= 0.6 is 11.3 Å². The molecule has 0 bridgehead atoms. The van der Waals surface area contributed by atoms with Gasteiger partial charge in [-0.1, -0.05) is 12.1 Å². The van der Waals surface area contributed by atoms with E-state index < -0.39 is 5.97 Å². The maximum absolute atomic E-state index is 11.0. The highest BCUT2D eigenvalue weighted by Gasteiger charge is 2.22. The fourth-order valence-electron chi connectivity index (χ4n) is 1.98. The first-order valence-electron chi connectivity index (χ1n) is 6.02.